The van der Waals surface area contributed by atoms with Crippen LogP contribution in [0.2, 0.25) is 0 Å². The number of allylic oxidation sites excluding steroid dienone is 6. The van der Waals surface area contributed by atoms with E-state index in [2.05, 4.69) is 57.2 Å². The molecule has 6 nitrogen and oxygen atoms in total. The zero-order valence-corrected chi connectivity index (χ0v) is 49.9. The van der Waals surface area contributed by atoms with E-state index in [-0.39, 0.29) is 31.1 Å². The highest BCUT2D eigenvalue weighted by molar-refractivity contribution is 5.71. The minimum atomic E-state index is -0.773. The van der Waals surface area contributed by atoms with Gasteiger partial charge in [-0.25, -0.2) is 0 Å². The molecule has 0 fully saturated rings. The molecule has 0 aliphatic carbocycles. The molecule has 0 spiro atoms. The predicted octanol–water partition coefficient (Wildman–Crippen LogP) is 22.4. The van der Waals surface area contributed by atoms with Gasteiger partial charge in [0.15, 0.2) is 6.10 Å². The molecule has 0 N–H and O–H groups in total. The van der Waals surface area contributed by atoms with Crippen LogP contribution in [0.4, 0.5) is 0 Å². The van der Waals surface area contributed by atoms with E-state index >= 15 is 0 Å². The van der Waals surface area contributed by atoms with Crippen molar-refractivity contribution in [3.8, 4) is 0 Å². The van der Waals surface area contributed by atoms with Crippen LogP contribution in [0, 0.1) is 0 Å². The summed E-state index contributed by atoms with van der Waals surface area (Å²) in [6.07, 6.45) is 77.4. The maximum atomic E-state index is 12.9. The summed E-state index contributed by atoms with van der Waals surface area (Å²) in [5.74, 6) is -0.856. The van der Waals surface area contributed by atoms with E-state index in [1.807, 2.05) is 0 Å². The molecular formula is C68H126O6. The SMILES string of the molecule is CCCCCC/C=C\C/C=C\CCCCCCCCCC(=O)OC(COC(=O)CCCCCCCCCCCCC)COC(=O)CCCCCCCCCCCCCCCCC/C=C\CCCCCCCCCC. The van der Waals surface area contributed by atoms with Gasteiger partial charge in [0, 0.05) is 19.3 Å². The lowest BCUT2D eigenvalue weighted by Crippen LogP contribution is -2.30. The maximum Gasteiger partial charge on any atom is 0.306 e. The number of ether oxygens (including phenoxy) is 3. The number of hydrogen-bond donors (Lipinski definition) is 0. The molecule has 0 aromatic rings. The average molecular weight is 1040 g/mol. The number of hydrogen-bond acceptors (Lipinski definition) is 6. The fraction of sp³-hybridized carbons (Fsp3) is 0.868. The number of rotatable bonds is 61. The van der Waals surface area contributed by atoms with E-state index in [4.69, 9.17) is 14.2 Å². The van der Waals surface area contributed by atoms with Gasteiger partial charge in [0.25, 0.3) is 0 Å². The van der Waals surface area contributed by atoms with Crippen LogP contribution in [-0.2, 0) is 28.6 Å². The Hall–Kier alpha value is -2.37. The molecule has 0 saturated heterocycles. The van der Waals surface area contributed by atoms with Crippen molar-refractivity contribution in [2.75, 3.05) is 13.2 Å². The van der Waals surface area contributed by atoms with Crippen LogP contribution < -0.4 is 0 Å². The summed E-state index contributed by atoms with van der Waals surface area (Å²) in [6.45, 7) is 6.67. The van der Waals surface area contributed by atoms with Crippen molar-refractivity contribution in [3.05, 3.63) is 36.5 Å². The van der Waals surface area contributed by atoms with Gasteiger partial charge in [0.1, 0.15) is 13.2 Å². The van der Waals surface area contributed by atoms with Gasteiger partial charge in [-0.15, -0.1) is 0 Å². The molecule has 0 rings (SSSR count). The molecule has 0 aromatic heterocycles. The third-order valence-electron chi connectivity index (χ3n) is 14.9. The fourth-order valence-electron chi connectivity index (χ4n) is 9.88. The Balaban J connectivity index is 4.18. The largest absolute Gasteiger partial charge is 0.462 e. The van der Waals surface area contributed by atoms with Crippen molar-refractivity contribution in [1.29, 1.82) is 0 Å². The summed E-state index contributed by atoms with van der Waals surface area (Å²) in [5, 5.41) is 0. The van der Waals surface area contributed by atoms with E-state index in [1.165, 1.54) is 250 Å². The molecule has 0 radical (unpaired) electrons. The Bertz CT molecular complexity index is 1240. The first-order valence-corrected chi connectivity index (χ1v) is 33.0. The normalized spacial score (nSPS) is 12.2. The van der Waals surface area contributed by atoms with Crippen molar-refractivity contribution < 1.29 is 28.6 Å². The standard InChI is InChI=1S/C68H126O6/c1-4-7-10-13-16-19-22-24-26-28-30-31-32-33-34-35-36-37-38-40-41-43-46-49-52-55-58-61-67(70)73-64-65(63-72-66(69)60-57-54-51-48-45-21-18-15-12-9-6-3)74-68(71)62-59-56-53-50-47-44-42-39-29-27-25-23-20-17-14-11-8-5-2/h20,23,27-30,65H,4-19,21-22,24-26,31-64H2,1-3H3/b23-20-,29-27-,30-28-. The van der Waals surface area contributed by atoms with Gasteiger partial charge in [-0.05, 0) is 77.0 Å². The molecule has 0 aromatic carbocycles. The molecule has 0 bridgehead atoms. The highest BCUT2D eigenvalue weighted by Gasteiger charge is 2.19. The molecule has 74 heavy (non-hydrogen) atoms. The number of carbonyl (C=O) groups excluding carboxylic acids is 3. The first-order chi connectivity index (χ1) is 36.5. The lowest BCUT2D eigenvalue weighted by molar-refractivity contribution is -0.167. The van der Waals surface area contributed by atoms with Crippen LogP contribution in [-0.4, -0.2) is 37.2 Å². The summed E-state index contributed by atoms with van der Waals surface area (Å²) < 4.78 is 16.9. The highest BCUT2D eigenvalue weighted by Crippen LogP contribution is 2.17. The number of unbranched alkanes of at least 4 members (excludes halogenated alkanes) is 44. The molecule has 0 aliphatic rings. The first kappa shape index (κ1) is 71.6. The minimum Gasteiger partial charge on any atom is -0.462 e. The lowest BCUT2D eigenvalue weighted by Gasteiger charge is -2.18. The average Bonchev–Trinajstić information content (AvgIpc) is 3.40. The quantitative estimate of drug-likeness (QED) is 0.0261. The maximum absolute atomic E-state index is 12.9. The molecule has 0 aliphatic heterocycles. The van der Waals surface area contributed by atoms with Crippen LogP contribution in [0.1, 0.15) is 361 Å². The van der Waals surface area contributed by atoms with E-state index < -0.39 is 6.10 Å². The smallest absolute Gasteiger partial charge is 0.306 e. The Labute approximate surface area is 461 Å². The van der Waals surface area contributed by atoms with Gasteiger partial charge in [-0.3, -0.25) is 14.4 Å². The van der Waals surface area contributed by atoms with Gasteiger partial charge < -0.3 is 14.2 Å². The summed E-state index contributed by atoms with van der Waals surface area (Å²) in [7, 11) is 0. The second-order valence-corrected chi connectivity index (χ2v) is 22.4. The second kappa shape index (κ2) is 63.2. The number of esters is 3. The topological polar surface area (TPSA) is 78.9 Å². The van der Waals surface area contributed by atoms with E-state index in [9.17, 15) is 14.4 Å². The summed E-state index contributed by atoms with van der Waals surface area (Å²) in [6, 6.07) is 0. The van der Waals surface area contributed by atoms with Crippen LogP contribution in [0.3, 0.4) is 0 Å². The van der Waals surface area contributed by atoms with E-state index in [0.29, 0.717) is 19.3 Å². The third-order valence-corrected chi connectivity index (χ3v) is 14.9. The monoisotopic (exact) mass is 1040 g/mol. The molecule has 6 heteroatoms. The fourth-order valence-corrected chi connectivity index (χ4v) is 9.88. The second-order valence-electron chi connectivity index (χ2n) is 22.4. The van der Waals surface area contributed by atoms with Gasteiger partial charge in [-0.2, -0.15) is 0 Å². The lowest BCUT2D eigenvalue weighted by atomic mass is 10.0. The van der Waals surface area contributed by atoms with Crippen molar-refractivity contribution in [3.63, 3.8) is 0 Å². The highest BCUT2D eigenvalue weighted by atomic mass is 16.6. The van der Waals surface area contributed by atoms with Crippen LogP contribution in [0.25, 0.3) is 0 Å². The Morgan fingerprint density at radius 1 is 0.270 bits per heavy atom. The van der Waals surface area contributed by atoms with E-state index in [0.717, 1.165) is 70.6 Å². The van der Waals surface area contributed by atoms with Crippen LogP contribution in [0.15, 0.2) is 36.5 Å². The molecule has 1 atom stereocenters. The zero-order chi connectivity index (χ0) is 53.6. The van der Waals surface area contributed by atoms with Crippen molar-refractivity contribution in [2.45, 2.75) is 367 Å². The predicted molar refractivity (Wildman–Crippen MR) is 321 cm³/mol. The summed E-state index contributed by atoms with van der Waals surface area (Å²) in [4.78, 5) is 38.2. The Kier molecular flexibility index (Phi) is 61.1. The van der Waals surface area contributed by atoms with Crippen molar-refractivity contribution in [2.24, 2.45) is 0 Å². The molecule has 434 valence electrons. The van der Waals surface area contributed by atoms with Gasteiger partial charge in [0.2, 0.25) is 0 Å². The molecular weight excluding hydrogens is 913 g/mol. The Morgan fingerprint density at radius 3 is 0.770 bits per heavy atom. The molecule has 0 heterocycles. The Morgan fingerprint density at radius 2 is 0.486 bits per heavy atom. The van der Waals surface area contributed by atoms with E-state index in [1.54, 1.807) is 0 Å². The third kappa shape index (κ3) is 60.5. The van der Waals surface area contributed by atoms with Crippen molar-refractivity contribution in [1.82, 2.24) is 0 Å². The molecule has 0 saturated carbocycles. The van der Waals surface area contributed by atoms with Crippen LogP contribution in [0.5, 0.6) is 0 Å². The van der Waals surface area contributed by atoms with Gasteiger partial charge >= 0.3 is 17.9 Å². The van der Waals surface area contributed by atoms with Gasteiger partial charge in [-0.1, -0.05) is 301 Å². The zero-order valence-electron chi connectivity index (χ0n) is 49.9. The number of carbonyl (C=O) groups is 3. The first-order valence-electron chi connectivity index (χ1n) is 33.0. The summed E-state index contributed by atoms with van der Waals surface area (Å²) >= 11 is 0. The van der Waals surface area contributed by atoms with Crippen molar-refractivity contribution >= 4 is 17.9 Å². The molecule has 1 unspecified atom stereocenters. The van der Waals surface area contributed by atoms with Gasteiger partial charge in [0.05, 0.1) is 0 Å². The minimum absolute atomic E-state index is 0.0708. The van der Waals surface area contributed by atoms with Crippen LogP contribution >= 0.6 is 0 Å². The summed E-state index contributed by atoms with van der Waals surface area (Å²) in [5.41, 5.74) is 0. The molecule has 0 amide bonds.